The van der Waals surface area contributed by atoms with Gasteiger partial charge in [-0.2, -0.15) is 0 Å². The van der Waals surface area contributed by atoms with Crippen LogP contribution >= 0.6 is 11.6 Å². The Kier molecular flexibility index (Phi) is 7.85. The predicted molar refractivity (Wildman–Crippen MR) is 154 cm³/mol. The first-order valence-electron chi connectivity index (χ1n) is 14.2. The SMILES string of the molecule is CB(O)N1CCN([C@H]2c3ccc(Cl)cc3OCc3cccnc32)C[C@H]1C(=O)N1CCC[C@@H](Cn2cnc(C)c2)C1. The molecule has 6 rings (SSSR count). The lowest BCUT2D eigenvalue weighted by Gasteiger charge is -2.46. The maximum absolute atomic E-state index is 14.2. The van der Waals surface area contributed by atoms with E-state index in [1.54, 1.807) is 6.82 Å². The highest BCUT2D eigenvalue weighted by atomic mass is 35.5. The molecule has 1 aromatic carbocycles. The second kappa shape index (κ2) is 11.5. The van der Waals surface area contributed by atoms with E-state index in [1.165, 1.54) is 0 Å². The van der Waals surface area contributed by atoms with Crippen molar-refractivity contribution < 1.29 is 14.6 Å². The van der Waals surface area contributed by atoms with Crippen LogP contribution in [0.5, 0.6) is 5.75 Å². The van der Waals surface area contributed by atoms with Gasteiger partial charge < -0.3 is 24.0 Å². The maximum atomic E-state index is 14.2. The number of nitrogens with zero attached hydrogens (tertiary/aromatic N) is 6. The number of pyridine rings is 1. The number of carbonyl (C=O) groups is 1. The Morgan fingerprint density at radius 3 is 2.88 bits per heavy atom. The van der Waals surface area contributed by atoms with Crippen molar-refractivity contribution in [3.8, 4) is 5.75 Å². The van der Waals surface area contributed by atoms with Gasteiger partial charge >= 0.3 is 7.05 Å². The molecular weight excluding hydrogens is 527 g/mol. The summed E-state index contributed by atoms with van der Waals surface area (Å²) in [6, 6.07) is 9.09. The molecule has 0 unspecified atom stereocenters. The zero-order chi connectivity index (χ0) is 27.8. The number of aryl methyl sites for hydroxylation is 1. The van der Waals surface area contributed by atoms with Crippen molar-refractivity contribution in [1.29, 1.82) is 0 Å². The minimum Gasteiger partial charge on any atom is -0.488 e. The van der Waals surface area contributed by atoms with Crippen molar-refractivity contribution in [2.75, 3.05) is 32.7 Å². The van der Waals surface area contributed by atoms with Crippen molar-refractivity contribution in [1.82, 2.24) is 29.1 Å². The molecule has 0 spiro atoms. The number of imidazole rings is 1. The van der Waals surface area contributed by atoms with Gasteiger partial charge in [-0.1, -0.05) is 23.7 Å². The summed E-state index contributed by atoms with van der Waals surface area (Å²) in [7, 11) is -0.723. The van der Waals surface area contributed by atoms with Gasteiger partial charge in [-0.25, -0.2) is 4.98 Å². The van der Waals surface area contributed by atoms with E-state index in [0.717, 1.165) is 54.2 Å². The third-order valence-electron chi connectivity index (χ3n) is 8.48. The Morgan fingerprint density at radius 1 is 1.20 bits per heavy atom. The van der Waals surface area contributed by atoms with Crippen molar-refractivity contribution in [3.05, 3.63) is 76.6 Å². The number of hydrogen-bond donors (Lipinski definition) is 1. The molecule has 0 aliphatic carbocycles. The Morgan fingerprint density at radius 2 is 2.08 bits per heavy atom. The third-order valence-corrected chi connectivity index (χ3v) is 8.72. The van der Waals surface area contributed by atoms with E-state index in [1.807, 2.05) is 59.5 Å². The molecule has 2 saturated heterocycles. The summed E-state index contributed by atoms with van der Waals surface area (Å²) in [5.74, 6) is 1.20. The Bertz CT molecular complexity index is 1370. The number of benzene rings is 1. The number of aromatic nitrogens is 3. The van der Waals surface area contributed by atoms with Crippen LogP contribution in [0.25, 0.3) is 0 Å². The van der Waals surface area contributed by atoms with Gasteiger partial charge in [-0.05, 0) is 50.7 Å². The molecular formula is C29H36BClN6O3. The fourth-order valence-corrected chi connectivity index (χ4v) is 6.73. The molecule has 1 amide bonds. The predicted octanol–water partition coefficient (Wildman–Crippen LogP) is 3.26. The van der Waals surface area contributed by atoms with Gasteiger partial charge in [0.25, 0.3) is 0 Å². The van der Waals surface area contributed by atoms with Crippen molar-refractivity contribution in [3.63, 3.8) is 0 Å². The van der Waals surface area contributed by atoms with Gasteiger partial charge in [0.2, 0.25) is 5.91 Å². The van der Waals surface area contributed by atoms with Gasteiger partial charge in [0.15, 0.2) is 0 Å². The van der Waals surface area contributed by atoms with Crippen LogP contribution in [-0.2, 0) is 17.9 Å². The number of ether oxygens (including phenoxy) is 1. The third kappa shape index (κ3) is 5.50. The first kappa shape index (κ1) is 27.3. The van der Waals surface area contributed by atoms with Gasteiger partial charge in [-0.15, -0.1) is 0 Å². The summed E-state index contributed by atoms with van der Waals surface area (Å²) >= 11 is 6.34. The lowest BCUT2D eigenvalue weighted by atomic mass is 9.81. The number of fused-ring (bicyclic) bond motifs is 2. The minimum absolute atomic E-state index is 0.0829. The topological polar surface area (TPSA) is 87.0 Å². The highest BCUT2D eigenvalue weighted by Gasteiger charge is 2.42. The van der Waals surface area contributed by atoms with Gasteiger partial charge in [0.05, 0.1) is 29.8 Å². The molecule has 3 aromatic rings. The van der Waals surface area contributed by atoms with Crippen molar-refractivity contribution in [2.24, 2.45) is 5.92 Å². The Balaban J connectivity index is 1.27. The van der Waals surface area contributed by atoms with E-state index in [-0.39, 0.29) is 11.9 Å². The Hall–Kier alpha value is -2.92. The summed E-state index contributed by atoms with van der Waals surface area (Å²) in [4.78, 5) is 29.6. The lowest BCUT2D eigenvalue weighted by Crippen LogP contribution is -2.64. The zero-order valence-corrected chi connectivity index (χ0v) is 23.9. The van der Waals surface area contributed by atoms with E-state index in [0.29, 0.717) is 43.7 Å². The first-order valence-corrected chi connectivity index (χ1v) is 14.6. The second-order valence-electron chi connectivity index (χ2n) is 11.3. The summed E-state index contributed by atoms with van der Waals surface area (Å²) in [6.45, 7) is 8.20. The van der Waals surface area contributed by atoms with Crippen LogP contribution in [-0.4, -0.2) is 85.9 Å². The van der Waals surface area contributed by atoms with Crippen LogP contribution in [0.15, 0.2) is 49.1 Å². The molecule has 0 bridgehead atoms. The number of likely N-dealkylation sites (tertiary alicyclic amines) is 1. The van der Waals surface area contributed by atoms with Gasteiger partial charge in [0, 0.05) is 67.8 Å². The number of piperazine rings is 1. The molecule has 3 aliphatic heterocycles. The summed E-state index contributed by atoms with van der Waals surface area (Å²) < 4.78 is 8.31. The molecule has 5 heterocycles. The molecule has 0 saturated carbocycles. The molecule has 40 heavy (non-hydrogen) atoms. The average molecular weight is 563 g/mol. The maximum Gasteiger partial charge on any atom is 0.377 e. The number of halogens is 1. The van der Waals surface area contributed by atoms with Crippen LogP contribution in [0, 0.1) is 12.8 Å². The van der Waals surface area contributed by atoms with Crippen LogP contribution < -0.4 is 4.74 Å². The van der Waals surface area contributed by atoms with Crippen LogP contribution in [0.3, 0.4) is 0 Å². The van der Waals surface area contributed by atoms with Gasteiger partial charge in [0.1, 0.15) is 12.4 Å². The first-order chi connectivity index (χ1) is 19.4. The number of piperidine rings is 1. The summed E-state index contributed by atoms with van der Waals surface area (Å²) in [5.41, 5.74) is 3.96. The molecule has 210 valence electrons. The highest BCUT2D eigenvalue weighted by Crippen LogP contribution is 2.40. The van der Waals surface area contributed by atoms with Gasteiger partial charge in [-0.3, -0.25) is 14.7 Å². The second-order valence-corrected chi connectivity index (χ2v) is 11.7. The quantitative estimate of drug-likeness (QED) is 0.478. The van der Waals surface area contributed by atoms with E-state index in [9.17, 15) is 9.82 Å². The van der Waals surface area contributed by atoms with E-state index < -0.39 is 13.1 Å². The summed E-state index contributed by atoms with van der Waals surface area (Å²) in [5, 5.41) is 11.3. The number of hydrogen-bond acceptors (Lipinski definition) is 7. The van der Waals surface area contributed by atoms with Crippen LogP contribution in [0.1, 0.15) is 41.4 Å². The van der Waals surface area contributed by atoms with Crippen LogP contribution in [0.2, 0.25) is 11.8 Å². The molecule has 1 N–H and O–H groups in total. The Labute approximate surface area is 240 Å². The molecule has 9 nitrogen and oxygen atoms in total. The highest BCUT2D eigenvalue weighted by molar-refractivity contribution is 6.45. The number of rotatable bonds is 5. The largest absolute Gasteiger partial charge is 0.488 e. The lowest BCUT2D eigenvalue weighted by molar-refractivity contribution is -0.139. The molecule has 11 heteroatoms. The minimum atomic E-state index is -0.723. The fourth-order valence-electron chi connectivity index (χ4n) is 6.57. The van der Waals surface area contributed by atoms with E-state index in [2.05, 4.69) is 20.6 Å². The van der Waals surface area contributed by atoms with Crippen molar-refractivity contribution in [2.45, 2.75) is 51.8 Å². The van der Waals surface area contributed by atoms with Crippen molar-refractivity contribution >= 4 is 24.6 Å². The molecule has 2 fully saturated rings. The number of carbonyl (C=O) groups excluding carboxylic acids is 1. The fraction of sp³-hybridized carbons (Fsp3) is 0.483. The smallest absolute Gasteiger partial charge is 0.377 e. The molecule has 2 aromatic heterocycles. The van der Waals surface area contributed by atoms with E-state index in [4.69, 9.17) is 21.3 Å². The molecule has 3 aliphatic rings. The molecule has 0 radical (unpaired) electrons. The summed E-state index contributed by atoms with van der Waals surface area (Å²) in [6.07, 6.45) is 7.80. The number of amides is 1. The zero-order valence-electron chi connectivity index (χ0n) is 23.1. The normalized spacial score (nSPS) is 23.6. The molecule has 3 atom stereocenters. The van der Waals surface area contributed by atoms with Crippen LogP contribution in [0.4, 0.5) is 0 Å². The standard InChI is InChI=1S/C29H36BClN6O3/c1-20-14-34(19-33-20)15-21-5-4-10-36(16-21)29(38)25-17-35(11-12-37(25)30(2)39)28-24-8-7-23(31)13-26(24)40-18-22-6-3-9-32-27(22)28/h3,6-9,13-14,19,21,25,28,39H,4-5,10-12,15-18H2,1-2H3/t21-,25-,28-/m0/s1. The monoisotopic (exact) mass is 562 g/mol. The average Bonchev–Trinajstić information content (AvgIpc) is 3.29. The van der Waals surface area contributed by atoms with E-state index >= 15 is 0 Å².